The van der Waals surface area contributed by atoms with Crippen molar-refractivity contribution in [3.05, 3.63) is 72.3 Å². The van der Waals surface area contributed by atoms with Crippen molar-refractivity contribution in [3.8, 4) is 0 Å². The van der Waals surface area contributed by atoms with Crippen LogP contribution in [0.4, 0.5) is 5.69 Å². The van der Waals surface area contributed by atoms with Crippen molar-refractivity contribution in [1.82, 2.24) is 10.2 Å². The van der Waals surface area contributed by atoms with E-state index in [-0.39, 0.29) is 10.8 Å². The van der Waals surface area contributed by atoms with Gasteiger partial charge < -0.3 is 10.2 Å². The fraction of sp³-hybridized carbons (Fsp3) is 0.190. The lowest BCUT2D eigenvalue weighted by atomic mass is 10.1. The van der Waals surface area contributed by atoms with Gasteiger partial charge in [-0.05, 0) is 61.3 Å². The van der Waals surface area contributed by atoms with E-state index < -0.39 is 10.0 Å². The molecule has 0 spiro atoms. The maximum Gasteiger partial charge on any atom is 0.261 e. The van der Waals surface area contributed by atoms with E-state index in [1.807, 2.05) is 43.3 Å². The monoisotopic (exact) mass is 397 g/mol. The van der Waals surface area contributed by atoms with Gasteiger partial charge in [0.1, 0.15) is 0 Å². The van der Waals surface area contributed by atoms with Gasteiger partial charge >= 0.3 is 0 Å². The number of nitrogens with one attached hydrogen (secondary N) is 2. The number of benzene rings is 3. The highest BCUT2D eigenvalue weighted by Crippen LogP contribution is 2.21. The summed E-state index contributed by atoms with van der Waals surface area (Å²) < 4.78 is 27.9. The first-order chi connectivity index (χ1) is 13.3. The van der Waals surface area contributed by atoms with Crippen LogP contribution in [0.5, 0.6) is 0 Å². The quantitative estimate of drug-likeness (QED) is 0.643. The normalized spacial score (nSPS) is 11.5. The average Bonchev–Trinajstić information content (AvgIpc) is 2.67. The lowest BCUT2D eigenvalue weighted by Crippen LogP contribution is -2.31. The number of carbonyl (C=O) groups is 1. The molecule has 0 fully saturated rings. The molecule has 2 N–H and O–H groups in total. The van der Waals surface area contributed by atoms with Gasteiger partial charge in [0.25, 0.3) is 15.9 Å². The second-order valence-corrected chi connectivity index (χ2v) is 8.43. The van der Waals surface area contributed by atoms with E-state index in [1.165, 1.54) is 0 Å². The number of anilines is 1. The number of nitrogens with zero attached hydrogens (tertiary/aromatic N) is 1. The molecule has 0 aliphatic rings. The zero-order valence-corrected chi connectivity index (χ0v) is 16.7. The van der Waals surface area contributed by atoms with Crippen molar-refractivity contribution in [2.45, 2.75) is 4.90 Å². The molecular formula is C21H23N3O3S. The molecule has 0 saturated carbocycles. The maximum atomic E-state index is 12.7. The minimum Gasteiger partial charge on any atom is -0.351 e. The Morgan fingerprint density at radius 2 is 1.61 bits per heavy atom. The summed E-state index contributed by atoms with van der Waals surface area (Å²) in [5, 5.41) is 4.66. The third-order valence-electron chi connectivity index (χ3n) is 4.28. The van der Waals surface area contributed by atoms with Crippen LogP contribution in [0.15, 0.2) is 71.6 Å². The molecule has 0 aliphatic carbocycles. The molecule has 3 aromatic carbocycles. The summed E-state index contributed by atoms with van der Waals surface area (Å²) in [5.74, 6) is -0.189. The third kappa shape index (κ3) is 4.88. The Hall–Kier alpha value is -2.90. The van der Waals surface area contributed by atoms with Crippen LogP contribution >= 0.6 is 0 Å². The molecule has 146 valence electrons. The highest BCUT2D eigenvalue weighted by molar-refractivity contribution is 7.92. The predicted octanol–water partition coefficient (Wildman–Crippen LogP) is 2.93. The molecule has 6 nitrogen and oxygen atoms in total. The number of rotatable bonds is 7. The van der Waals surface area contributed by atoms with Gasteiger partial charge in [-0.25, -0.2) is 8.42 Å². The van der Waals surface area contributed by atoms with Gasteiger partial charge in [-0.1, -0.05) is 30.3 Å². The van der Waals surface area contributed by atoms with Crippen LogP contribution < -0.4 is 10.0 Å². The summed E-state index contributed by atoms with van der Waals surface area (Å²) in [5.41, 5.74) is 0.880. The van der Waals surface area contributed by atoms with Crippen molar-refractivity contribution >= 4 is 32.4 Å². The molecule has 0 aliphatic heterocycles. The lowest BCUT2D eigenvalue weighted by Gasteiger charge is -2.11. The van der Waals surface area contributed by atoms with Crippen LogP contribution in [-0.4, -0.2) is 46.4 Å². The predicted molar refractivity (Wildman–Crippen MR) is 112 cm³/mol. The summed E-state index contributed by atoms with van der Waals surface area (Å²) in [6, 6.07) is 19.0. The SMILES string of the molecule is CN(C)CCNC(=O)c1ccc(NS(=O)(=O)c2ccc3ccccc3c2)cc1. The van der Waals surface area contributed by atoms with Gasteiger partial charge in [0, 0.05) is 24.3 Å². The summed E-state index contributed by atoms with van der Waals surface area (Å²) in [6.07, 6.45) is 0. The standard InChI is InChI=1S/C21H23N3O3S/c1-24(2)14-13-22-21(25)17-7-10-19(11-8-17)23-28(26,27)20-12-9-16-5-3-4-6-18(16)15-20/h3-12,15,23H,13-14H2,1-2H3,(H,22,25). The van der Waals surface area contributed by atoms with Crippen LogP contribution in [-0.2, 0) is 10.0 Å². The lowest BCUT2D eigenvalue weighted by molar-refractivity contribution is 0.0951. The molecule has 0 atom stereocenters. The molecule has 0 radical (unpaired) electrons. The van der Waals surface area contributed by atoms with Crippen molar-refractivity contribution < 1.29 is 13.2 Å². The fourth-order valence-electron chi connectivity index (χ4n) is 2.73. The number of hydrogen-bond acceptors (Lipinski definition) is 4. The van der Waals surface area contributed by atoms with Crippen LogP contribution in [0.1, 0.15) is 10.4 Å². The van der Waals surface area contributed by atoms with Crippen molar-refractivity contribution in [3.63, 3.8) is 0 Å². The average molecular weight is 398 g/mol. The van der Waals surface area contributed by atoms with Crippen LogP contribution in [0, 0.1) is 0 Å². The fourth-order valence-corrected chi connectivity index (χ4v) is 3.83. The molecule has 0 heterocycles. The van der Waals surface area contributed by atoms with Crippen molar-refractivity contribution in [1.29, 1.82) is 0 Å². The maximum absolute atomic E-state index is 12.7. The topological polar surface area (TPSA) is 78.5 Å². The van der Waals surface area contributed by atoms with Gasteiger partial charge in [-0.3, -0.25) is 9.52 Å². The van der Waals surface area contributed by atoms with Gasteiger partial charge in [-0.15, -0.1) is 0 Å². The molecular weight excluding hydrogens is 374 g/mol. The van der Waals surface area contributed by atoms with Crippen LogP contribution in [0.25, 0.3) is 10.8 Å². The molecule has 28 heavy (non-hydrogen) atoms. The molecule has 0 saturated heterocycles. The largest absolute Gasteiger partial charge is 0.351 e. The summed E-state index contributed by atoms with van der Waals surface area (Å²) in [7, 11) is 0.149. The van der Waals surface area contributed by atoms with Crippen LogP contribution in [0.3, 0.4) is 0 Å². The summed E-state index contributed by atoms with van der Waals surface area (Å²) in [6.45, 7) is 1.29. The van der Waals surface area contributed by atoms with E-state index in [2.05, 4.69) is 10.0 Å². The smallest absolute Gasteiger partial charge is 0.261 e. The molecule has 7 heteroatoms. The Morgan fingerprint density at radius 1 is 0.929 bits per heavy atom. The van der Waals surface area contributed by atoms with Crippen LogP contribution in [0.2, 0.25) is 0 Å². The third-order valence-corrected chi connectivity index (χ3v) is 5.65. The molecule has 3 rings (SSSR count). The zero-order chi connectivity index (χ0) is 20.1. The zero-order valence-electron chi connectivity index (χ0n) is 15.8. The van der Waals surface area contributed by atoms with E-state index in [0.29, 0.717) is 17.8 Å². The second-order valence-electron chi connectivity index (χ2n) is 6.75. The molecule has 0 bridgehead atoms. The Labute approximate surface area is 165 Å². The number of fused-ring (bicyclic) bond motifs is 1. The molecule has 1 amide bonds. The van der Waals surface area contributed by atoms with Crippen molar-refractivity contribution in [2.24, 2.45) is 0 Å². The number of hydrogen-bond donors (Lipinski definition) is 2. The van der Waals surface area contributed by atoms with Gasteiger partial charge in [-0.2, -0.15) is 0 Å². The number of amides is 1. The van der Waals surface area contributed by atoms with E-state index in [9.17, 15) is 13.2 Å². The van der Waals surface area contributed by atoms with E-state index in [1.54, 1.807) is 42.5 Å². The molecule has 0 aromatic heterocycles. The van der Waals surface area contributed by atoms with Gasteiger partial charge in [0.05, 0.1) is 4.90 Å². The van der Waals surface area contributed by atoms with E-state index >= 15 is 0 Å². The van der Waals surface area contributed by atoms with Gasteiger partial charge in [0.15, 0.2) is 0 Å². The summed E-state index contributed by atoms with van der Waals surface area (Å²) >= 11 is 0. The minimum atomic E-state index is -3.72. The number of likely N-dealkylation sites (N-methyl/N-ethyl adjacent to an activating group) is 1. The van der Waals surface area contributed by atoms with Crippen molar-refractivity contribution in [2.75, 3.05) is 31.9 Å². The van der Waals surface area contributed by atoms with E-state index in [0.717, 1.165) is 17.3 Å². The van der Waals surface area contributed by atoms with Gasteiger partial charge in [0.2, 0.25) is 0 Å². The first-order valence-electron chi connectivity index (χ1n) is 8.90. The molecule has 0 unspecified atom stereocenters. The Morgan fingerprint density at radius 3 is 2.29 bits per heavy atom. The summed E-state index contributed by atoms with van der Waals surface area (Å²) in [4.78, 5) is 14.3. The first-order valence-corrected chi connectivity index (χ1v) is 10.4. The van der Waals surface area contributed by atoms with E-state index in [4.69, 9.17) is 0 Å². The Bertz CT molecular complexity index is 1080. The highest BCUT2D eigenvalue weighted by atomic mass is 32.2. The Balaban J connectivity index is 1.70. The number of carbonyl (C=O) groups excluding carboxylic acids is 1. The highest BCUT2D eigenvalue weighted by Gasteiger charge is 2.15. The Kier molecular flexibility index (Phi) is 5.96. The second kappa shape index (κ2) is 8.41. The first kappa shape index (κ1) is 19.9. The molecule has 3 aromatic rings. The minimum absolute atomic E-state index is 0.189. The number of sulfonamides is 1.